The van der Waals surface area contributed by atoms with Crippen LogP contribution < -0.4 is 14.4 Å². The molecule has 1 heterocycles. The highest BCUT2D eigenvalue weighted by Crippen LogP contribution is 2.31. The molecule has 3 rings (SSSR count). The summed E-state index contributed by atoms with van der Waals surface area (Å²) in [6, 6.07) is 11.8. The van der Waals surface area contributed by atoms with Crippen LogP contribution in [0.3, 0.4) is 0 Å². The molecule has 0 radical (unpaired) electrons. The summed E-state index contributed by atoms with van der Waals surface area (Å²) < 4.78 is 33.6. The highest BCUT2D eigenvalue weighted by atomic mass is 32.2. The first-order valence-electron chi connectivity index (χ1n) is 8.40. The van der Waals surface area contributed by atoms with Crippen LogP contribution in [0.1, 0.15) is 31.0 Å². The topological polar surface area (TPSA) is 75.7 Å². The van der Waals surface area contributed by atoms with Gasteiger partial charge >= 0.3 is 0 Å². The fraction of sp³-hybridized carbons (Fsp3) is 0.316. The van der Waals surface area contributed by atoms with Gasteiger partial charge in [-0.05, 0) is 43.2 Å². The summed E-state index contributed by atoms with van der Waals surface area (Å²) in [6.07, 6.45) is 0.653. The van der Waals surface area contributed by atoms with Crippen molar-refractivity contribution >= 4 is 21.6 Å². The maximum atomic E-state index is 12.8. The molecular weight excluding hydrogens is 352 g/mol. The van der Waals surface area contributed by atoms with Crippen molar-refractivity contribution in [3.05, 3.63) is 53.6 Å². The molecule has 7 heteroatoms. The Bertz CT molecular complexity index is 940. The Morgan fingerprint density at radius 3 is 2.65 bits per heavy atom. The molecule has 0 bridgehead atoms. The van der Waals surface area contributed by atoms with Crippen LogP contribution in [0.4, 0.5) is 5.69 Å². The summed E-state index contributed by atoms with van der Waals surface area (Å²) in [5, 5.41) is 0. The molecule has 2 aromatic rings. The standard InChI is InChI=1S/C19H22N2O4S/c1-13(17-6-4-5-7-19(17)25-3)20-26(23,24)16-8-9-18-15(12-16)10-11-21(18)14(2)22/h4-9,12-13,20H,10-11H2,1-3H3/t13-/m0/s1. The van der Waals surface area contributed by atoms with E-state index < -0.39 is 16.1 Å². The molecule has 138 valence electrons. The predicted molar refractivity (Wildman–Crippen MR) is 99.9 cm³/mol. The zero-order valence-corrected chi connectivity index (χ0v) is 15.8. The van der Waals surface area contributed by atoms with Crippen molar-refractivity contribution in [2.75, 3.05) is 18.6 Å². The number of sulfonamides is 1. The van der Waals surface area contributed by atoms with Crippen molar-refractivity contribution < 1.29 is 17.9 Å². The number of para-hydroxylation sites is 1. The first-order chi connectivity index (χ1) is 12.3. The van der Waals surface area contributed by atoms with E-state index in [4.69, 9.17) is 4.74 Å². The maximum absolute atomic E-state index is 12.8. The summed E-state index contributed by atoms with van der Waals surface area (Å²) in [6.45, 7) is 3.87. The molecule has 0 aliphatic carbocycles. The van der Waals surface area contributed by atoms with Crippen molar-refractivity contribution in [2.24, 2.45) is 0 Å². The summed E-state index contributed by atoms with van der Waals surface area (Å²) in [5.41, 5.74) is 2.42. The minimum absolute atomic E-state index is 0.0396. The number of benzene rings is 2. The van der Waals surface area contributed by atoms with Crippen LogP contribution >= 0.6 is 0 Å². The lowest BCUT2D eigenvalue weighted by Crippen LogP contribution is -2.27. The van der Waals surface area contributed by atoms with Gasteiger partial charge in [0.2, 0.25) is 15.9 Å². The van der Waals surface area contributed by atoms with Gasteiger partial charge in [-0.1, -0.05) is 18.2 Å². The quantitative estimate of drug-likeness (QED) is 0.873. The Morgan fingerprint density at radius 2 is 1.96 bits per heavy atom. The SMILES string of the molecule is COc1ccccc1[C@H](C)NS(=O)(=O)c1ccc2c(c1)CCN2C(C)=O. The van der Waals surface area contributed by atoms with E-state index in [1.54, 1.807) is 37.1 Å². The van der Waals surface area contributed by atoms with Crippen molar-refractivity contribution in [1.82, 2.24) is 4.72 Å². The third-order valence-corrected chi connectivity index (χ3v) is 6.11. The van der Waals surface area contributed by atoms with Crippen molar-refractivity contribution in [3.63, 3.8) is 0 Å². The molecule has 1 aliphatic heterocycles. The minimum Gasteiger partial charge on any atom is -0.496 e. The van der Waals surface area contributed by atoms with Gasteiger partial charge in [0, 0.05) is 30.8 Å². The zero-order chi connectivity index (χ0) is 18.9. The second-order valence-electron chi connectivity index (χ2n) is 6.30. The molecule has 2 aromatic carbocycles. The molecule has 1 aliphatic rings. The number of nitrogens with one attached hydrogen (secondary N) is 1. The number of nitrogens with zero attached hydrogens (tertiary/aromatic N) is 1. The third kappa shape index (κ3) is 3.45. The predicted octanol–water partition coefficient (Wildman–Crippen LogP) is 2.64. The fourth-order valence-electron chi connectivity index (χ4n) is 3.26. The van der Waals surface area contributed by atoms with Gasteiger partial charge in [0.15, 0.2) is 0 Å². The summed E-state index contributed by atoms with van der Waals surface area (Å²) in [7, 11) is -2.14. The number of amides is 1. The van der Waals surface area contributed by atoms with Gasteiger partial charge in [-0.2, -0.15) is 0 Å². The number of carbonyl (C=O) groups excluding carboxylic acids is 1. The zero-order valence-electron chi connectivity index (χ0n) is 15.0. The van der Waals surface area contributed by atoms with Crippen LogP contribution in [0.25, 0.3) is 0 Å². The van der Waals surface area contributed by atoms with E-state index in [0.29, 0.717) is 18.7 Å². The highest BCUT2D eigenvalue weighted by Gasteiger charge is 2.26. The van der Waals surface area contributed by atoms with Gasteiger partial charge in [0.1, 0.15) is 5.75 Å². The second kappa shape index (κ2) is 7.09. The molecular formula is C19H22N2O4S. The number of methoxy groups -OCH3 is 1. The van der Waals surface area contributed by atoms with Crippen LogP contribution in [-0.4, -0.2) is 28.0 Å². The van der Waals surface area contributed by atoms with Crippen molar-refractivity contribution in [2.45, 2.75) is 31.2 Å². The molecule has 1 amide bonds. The molecule has 0 saturated carbocycles. The maximum Gasteiger partial charge on any atom is 0.241 e. The number of hydrogen-bond acceptors (Lipinski definition) is 4. The molecule has 0 spiro atoms. The summed E-state index contributed by atoms with van der Waals surface area (Å²) in [4.78, 5) is 13.5. The third-order valence-electron chi connectivity index (χ3n) is 4.57. The van der Waals surface area contributed by atoms with Crippen LogP contribution in [0.5, 0.6) is 5.75 Å². The smallest absolute Gasteiger partial charge is 0.241 e. The van der Waals surface area contributed by atoms with E-state index in [9.17, 15) is 13.2 Å². The van der Waals surface area contributed by atoms with E-state index >= 15 is 0 Å². The van der Waals surface area contributed by atoms with Crippen LogP contribution in [0.15, 0.2) is 47.4 Å². The number of anilines is 1. The number of ether oxygens (including phenoxy) is 1. The van der Waals surface area contributed by atoms with Crippen LogP contribution in [0.2, 0.25) is 0 Å². The molecule has 0 saturated heterocycles. The lowest BCUT2D eigenvalue weighted by Gasteiger charge is -2.18. The monoisotopic (exact) mass is 374 g/mol. The first-order valence-corrected chi connectivity index (χ1v) is 9.88. The van der Waals surface area contributed by atoms with Gasteiger partial charge in [-0.3, -0.25) is 4.79 Å². The van der Waals surface area contributed by atoms with E-state index in [-0.39, 0.29) is 10.8 Å². The van der Waals surface area contributed by atoms with E-state index in [0.717, 1.165) is 16.8 Å². The Morgan fingerprint density at radius 1 is 1.23 bits per heavy atom. The number of hydrogen-bond donors (Lipinski definition) is 1. The largest absolute Gasteiger partial charge is 0.496 e. The second-order valence-corrected chi connectivity index (χ2v) is 8.01. The Kier molecular flexibility index (Phi) is 5.02. The Balaban J connectivity index is 1.86. The van der Waals surface area contributed by atoms with Crippen molar-refractivity contribution in [1.29, 1.82) is 0 Å². The molecule has 1 atom stereocenters. The molecule has 0 unspecified atom stereocenters. The normalized spacial score (nSPS) is 14.8. The fourth-order valence-corrected chi connectivity index (χ4v) is 4.53. The van der Waals surface area contributed by atoms with Crippen LogP contribution in [0, 0.1) is 0 Å². The summed E-state index contributed by atoms with van der Waals surface area (Å²) >= 11 is 0. The van der Waals surface area contributed by atoms with Gasteiger partial charge in [0.25, 0.3) is 0 Å². The van der Waals surface area contributed by atoms with Gasteiger partial charge in [-0.25, -0.2) is 13.1 Å². The van der Waals surface area contributed by atoms with Gasteiger partial charge in [-0.15, -0.1) is 0 Å². The lowest BCUT2D eigenvalue weighted by molar-refractivity contribution is -0.116. The average molecular weight is 374 g/mol. The molecule has 0 aromatic heterocycles. The molecule has 1 N–H and O–H groups in total. The van der Waals surface area contributed by atoms with Crippen molar-refractivity contribution in [3.8, 4) is 5.75 Å². The van der Waals surface area contributed by atoms with E-state index in [2.05, 4.69) is 4.72 Å². The van der Waals surface area contributed by atoms with Gasteiger partial charge < -0.3 is 9.64 Å². The first kappa shape index (κ1) is 18.4. The molecule has 0 fully saturated rings. The summed E-state index contributed by atoms with van der Waals surface area (Å²) in [5.74, 6) is 0.594. The lowest BCUT2D eigenvalue weighted by atomic mass is 10.1. The molecule has 6 nitrogen and oxygen atoms in total. The number of rotatable bonds is 5. The number of fused-ring (bicyclic) bond motifs is 1. The Hall–Kier alpha value is -2.38. The van der Waals surface area contributed by atoms with Crippen LogP contribution in [-0.2, 0) is 21.2 Å². The molecule has 26 heavy (non-hydrogen) atoms. The van der Waals surface area contributed by atoms with Gasteiger partial charge in [0.05, 0.1) is 12.0 Å². The minimum atomic E-state index is -3.70. The van der Waals surface area contributed by atoms with E-state index in [1.807, 2.05) is 18.2 Å². The number of carbonyl (C=O) groups is 1. The van der Waals surface area contributed by atoms with E-state index in [1.165, 1.54) is 13.0 Å². The Labute approximate surface area is 153 Å². The average Bonchev–Trinajstić information content (AvgIpc) is 3.04. The highest BCUT2D eigenvalue weighted by molar-refractivity contribution is 7.89.